The number of hydrogen-bond acceptors (Lipinski definition) is 7. The lowest BCUT2D eigenvalue weighted by atomic mass is 9.84. The average molecular weight is 396 g/mol. The highest BCUT2D eigenvalue weighted by Crippen LogP contribution is 2.31. The Morgan fingerprint density at radius 3 is 2.86 bits per heavy atom. The van der Waals surface area contributed by atoms with Gasteiger partial charge in [-0.2, -0.15) is 0 Å². The molecule has 150 valence electrons. The molecule has 0 unspecified atom stereocenters. The van der Waals surface area contributed by atoms with E-state index >= 15 is 0 Å². The van der Waals surface area contributed by atoms with E-state index < -0.39 is 12.3 Å². The van der Waals surface area contributed by atoms with Gasteiger partial charge >= 0.3 is 0 Å². The van der Waals surface area contributed by atoms with E-state index in [1.807, 2.05) is 0 Å². The van der Waals surface area contributed by atoms with Crippen LogP contribution in [0.5, 0.6) is 11.6 Å². The van der Waals surface area contributed by atoms with Gasteiger partial charge < -0.3 is 15.2 Å². The maximum atomic E-state index is 14.7. The maximum Gasteiger partial charge on any atom is 0.232 e. The number of nitrogens with one attached hydrogen (secondary N) is 1. The van der Waals surface area contributed by atoms with Gasteiger partial charge in [0.05, 0.1) is 23.7 Å². The molecule has 5 rings (SSSR count). The summed E-state index contributed by atoms with van der Waals surface area (Å²) >= 11 is 0. The molecular formula is C20H21FN6O2. The molecule has 0 aliphatic carbocycles. The fourth-order valence-corrected chi connectivity index (χ4v) is 4.11. The summed E-state index contributed by atoms with van der Waals surface area (Å²) in [5.74, 6) is 0.854. The van der Waals surface area contributed by atoms with Crippen LogP contribution in [0.15, 0.2) is 43.4 Å². The molecule has 3 aromatic heterocycles. The topological polar surface area (TPSA) is 98.0 Å². The smallest absolute Gasteiger partial charge is 0.232 e. The molecule has 4 atom stereocenters. The zero-order chi connectivity index (χ0) is 19.8. The molecule has 2 aliphatic heterocycles. The number of hydrogen-bond donors (Lipinski definition) is 2. The molecule has 0 amide bonds. The maximum absolute atomic E-state index is 14.7. The molecule has 0 spiro atoms. The van der Waals surface area contributed by atoms with Crippen molar-refractivity contribution in [3.8, 4) is 28.7 Å². The van der Waals surface area contributed by atoms with Crippen LogP contribution in [0.3, 0.4) is 0 Å². The average Bonchev–Trinajstić information content (AvgIpc) is 3.28. The molecule has 2 N–H and O–H groups in total. The minimum Gasteiger partial charge on any atom is -0.507 e. The van der Waals surface area contributed by atoms with Gasteiger partial charge in [-0.25, -0.2) is 24.3 Å². The van der Waals surface area contributed by atoms with Crippen LogP contribution < -0.4 is 10.1 Å². The largest absolute Gasteiger partial charge is 0.507 e. The first-order valence-electron chi connectivity index (χ1n) is 9.74. The van der Waals surface area contributed by atoms with Crippen molar-refractivity contribution < 1.29 is 14.2 Å². The highest BCUT2D eigenvalue weighted by atomic mass is 19.1. The Morgan fingerprint density at radius 2 is 2.10 bits per heavy atom. The van der Waals surface area contributed by atoms with Crippen LogP contribution in [0.1, 0.15) is 25.7 Å². The van der Waals surface area contributed by atoms with E-state index in [9.17, 15) is 9.50 Å². The van der Waals surface area contributed by atoms with Crippen LogP contribution in [-0.4, -0.2) is 54.0 Å². The molecule has 9 heteroatoms. The van der Waals surface area contributed by atoms with E-state index in [0.717, 1.165) is 19.3 Å². The Balaban J connectivity index is 1.31. The number of aromatic nitrogens is 5. The zero-order valence-corrected chi connectivity index (χ0v) is 15.6. The summed E-state index contributed by atoms with van der Waals surface area (Å²) in [5, 5.41) is 13.7. The monoisotopic (exact) mass is 396 g/mol. The summed E-state index contributed by atoms with van der Waals surface area (Å²) in [7, 11) is 0. The fourth-order valence-electron chi connectivity index (χ4n) is 4.11. The highest BCUT2D eigenvalue weighted by molar-refractivity contribution is 5.66. The first kappa shape index (κ1) is 18.0. The SMILES string of the molecule is Oc1cc(-n2ccnc2)ncc1-c1cnc(O[C@@H]2C[C@H]3CCC[C@H](N3)[C@H]2F)cn1. The molecule has 0 saturated carbocycles. The zero-order valence-electron chi connectivity index (χ0n) is 15.6. The van der Waals surface area contributed by atoms with Crippen molar-refractivity contribution in [3.05, 3.63) is 43.4 Å². The molecule has 2 bridgehead atoms. The van der Waals surface area contributed by atoms with Crippen molar-refractivity contribution in [3.63, 3.8) is 0 Å². The highest BCUT2D eigenvalue weighted by Gasteiger charge is 2.41. The van der Waals surface area contributed by atoms with E-state index in [0.29, 0.717) is 29.5 Å². The third kappa shape index (κ3) is 3.53. The number of ether oxygens (including phenoxy) is 1. The van der Waals surface area contributed by atoms with Gasteiger partial charge in [-0.3, -0.25) is 4.57 Å². The van der Waals surface area contributed by atoms with Gasteiger partial charge in [-0.05, 0) is 12.8 Å². The fraction of sp³-hybridized carbons (Fsp3) is 0.400. The summed E-state index contributed by atoms with van der Waals surface area (Å²) in [6.45, 7) is 0. The van der Waals surface area contributed by atoms with Crippen molar-refractivity contribution in [1.82, 2.24) is 29.8 Å². The summed E-state index contributed by atoms with van der Waals surface area (Å²) < 4.78 is 22.2. The third-order valence-electron chi connectivity index (χ3n) is 5.59. The van der Waals surface area contributed by atoms with Gasteiger partial charge in [-0.15, -0.1) is 0 Å². The second-order valence-electron chi connectivity index (χ2n) is 7.51. The number of rotatable bonds is 4. The van der Waals surface area contributed by atoms with Crippen molar-refractivity contribution in [2.45, 2.75) is 50.0 Å². The molecule has 2 saturated heterocycles. The second-order valence-corrected chi connectivity index (χ2v) is 7.51. The molecule has 0 aromatic carbocycles. The summed E-state index contributed by atoms with van der Waals surface area (Å²) in [4.78, 5) is 16.9. The Bertz CT molecular complexity index is 981. The van der Waals surface area contributed by atoms with Crippen LogP contribution in [-0.2, 0) is 0 Å². The van der Waals surface area contributed by atoms with Gasteiger partial charge in [-0.1, -0.05) is 6.42 Å². The van der Waals surface area contributed by atoms with Crippen LogP contribution in [0.25, 0.3) is 17.1 Å². The molecule has 29 heavy (non-hydrogen) atoms. The molecule has 3 aromatic rings. The second kappa shape index (κ2) is 7.40. The number of fused-ring (bicyclic) bond motifs is 2. The number of alkyl halides is 1. The lowest BCUT2D eigenvalue weighted by Crippen LogP contribution is -2.59. The third-order valence-corrected chi connectivity index (χ3v) is 5.59. The van der Waals surface area contributed by atoms with Gasteiger partial charge in [0, 0.05) is 43.2 Å². The number of pyridine rings is 1. The summed E-state index contributed by atoms with van der Waals surface area (Å²) in [6, 6.07) is 1.69. The van der Waals surface area contributed by atoms with Crippen molar-refractivity contribution >= 4 is 0 Å². The van der Waals surface area contributed by atoms with Crippen LogP contribution >= 0.6 is 0 Å². The predicted octanol–water partition coefficient (Wildman–Crippen LogP) is 2.43. The van der Waals surface area contributed by atoms with Crippen LogP contribution in [0.4, 0.5) is 4.39 Å². The Labute approximate surface area is 166 Å². The van der Waals surface area contributed by atoms with Crippen molar-refractivity contribution in [2.24, 2.45) is 0 Å². The molecular weight excluding hydrogens is 375 g/mol. The normalized spacial score (nSPS) is 26.2. The standard InChI is InChI=1S/C20H21FN6O2/c21-20-14-3-1-2-12(26-14)6-17(20)29-19-10-23-15(9-25-19)13-8-24-18(7-16(13)28)27-5-4-22-11-27/h4-5,7-12,14,17,20,26H,1-3,6H2,(H,24,28)/t12-,14+,17-,20-/m1/s1. The van der Waals surface area contributed by atoms with Gasteiger partial charge in [0.2, 0.25) is 5.88 Å². The minimum absolute atomic E-state index is 0.0293. The number of imidazole rings is 1. The summed E-state index contributed by atoms with van der Waals surface area (Å²) in [5.41, 5.74) is 0.909. The van der Waals surface area contributed by atoms with E-state index in [-0.39, 0.29) is 17.7 Å². The molecule has 2 aliphatic rings. The van der Waals surface area contributed by atoms with Crippen molar-refractivity contribution in [2.75, 3.05) is 0 Å². The lowest BCUT2D eigenvalue weighted by Gasteiger charge is -2.42. The van der Waals surface area contributed by atoms with Crippen molar-refractivity contribution in [1.29, 1.82) is 0 Å². The molecule has 0 radical (unpaired) electrons. The van der Waals surface area contributed by atoms with E-state index in [1.54, 1.807) is 23.3 Å². The van der Waals surface area contributed by atoms with Gasteiger partial charge in [0.1, 0.15) is 24.0 Å². The number of halogens is 1. The quantitative estimate of drug-likeness (QED) is 0.699. The Morgan fingerprint density at radius 1 is 1.17 bits per heavy atom. The van der Waals surface area contributed by atoms with Gasteiger partial charge in [0.15, 0.2) is 6.17 Å². The first-order chi connectivity index (χ1) is 14.2. The molecule has 2 fully saturated rings. The minimum atomic E-state index is -1.06. The van der Waals surface area contributed by atoms with Gasteiger partial charge in [0.25, 0.3) is 0 Å². The molecule has 8 nitrogen and oxygen atoms in total. The number of nitrogens with zero attached hydrogens (tertiary/aromatic N) is 5. The lowest BCUT2D eigenvalue weighted by molar-refractivity contribution is 0.00679. The Hall–Kier alpha value is -3.07. The van der Waals surface area contributed by atoms with E-state index in [2.05, 4.69) is 25.3 Å². The van der Waals surface area contributed by atoms with Crippen LogP contribution in [0.2, 0.25) is 0 Å². The predicted molar refractivity (Wildman–Crippen MR) is 103 cm³/mol. The van der Waals surface area contributed by atoms with E-state index in [1.165, 1.54) is 24.7 Å². The van der Waals surface area contributed by atoms with Crippen LogP contribution in [0, 0.1) is 0 Å². The summed E-state index contributed by atoms with van der Waals surface area (Å²) in [6.07, 6.45) is 11.5. The molecule has 5 heterocycles. The number of piperidine rings is 2. The van der Waals surface area contributed by atoms with E-state index in [4.69, 9.17) is 4.74 Å². The Kier molecular flexibility index (Phi) is 4.59. The first-order valence-corrected chi connectivity index (χ1v) is 9.74. The number of aromatic hydroxyl groups is 1.